The van der Waals surface area contributed by atoms with Crippen LogP contribution in [0.1, 0.15) is 27.2 Å². The van der Waals surface area contributed by atoms with Gasteiger partial charge in [-0.2, -0.15) is 0 Å². The number of aryl methyl sites for hydroxylation is 2. The maximum absolute atomic E-state index is 12.8. The smallest absolute Gasteiger partial charge is 0.195 e. The van der Waals surface area contributed by atoms with E-state index in [0.29, 0.717) is 5.56 Å². The number of aromatic nitrogens is 1. The van der Waals surface area contributed by atoms with Crippen molar-refractivity contribution in [3.8, 4) is 5.75 Å². The quantitative estimate of drug-likeness (QED) is 0.736. The van der Waals surface area contributed by atoms with Crippen LogP contribution in [-0.4, -0.2) is 17.9 Å². The van der Waals surface area contributed by atoms with Crippen molar-refractivity contribution >= 4 is 16.7 Å². The maximum Gasteiger partial charge on any atom is 0.195 e. The van der Waals surface area contributed by atoms with Gasteiger partial charge in [0.05, 0.1) is 12.7 Å². The Kier molecular flexibility index (Phi) is 3.26. The highest BCUT2D eigenvalue weighted by molar-refractivity contribution is 6.17. The number of ketones is 1. The number of rotatable bonds is 3. The van der Waals surface area contributed by atoms with Crippen LogP contribution in [0.3, 0.4) is 0 Å². The molecular formula is C18H17NO2. The van der Waals surface area contributed by atoms with Crippen LogP contribution in [0.25, 0.3) is 10.9 Å². The van der Waals surface area contributed by atoms with Gasteiger partial charge in [0, 0.05) is 22.2 Å². The number of carbonyl (C=O) groups excluding carboxylic acids is 1. The van der Waals surface area contributed by atoms with Crippen LogP contribution in [0.15, 0.2) is 42.5 Å². The van der Waals surface area contributed by atoms with Gasteiger partial charge < -0.3 is 9.72 Å². The Balaban J connectivity index is 2.13. The topological polar surface area (TPSA) is 42.1 Å². The molecule has 1 aromatic heterocycles. The SMILES string of the molecule is COc1ccc(C(=O)c2c(C)[nH]c3c(C)cccc23)cc1. The number of methoxy groups -OCH3 is 1. The highest BCUT2D eigenvalue weighted by atomic mass is 16.5. The molecule has 0 atom stereocenters. The largest absolute Gasteiger partial charge is 0.497 e. The number of para-hydroxylation sites is 1. The lowest BCUT2D eigenvalue weighted by Crippen LogP contribution is -2.02. The second-order valence-corrected chi connectivity index (χ2v) is 5.18. The van der Waals surface area contributed by atoms with Gasteiger partial charge in [0.25, 0.3) is 0 Å². The van der Waals surface area contributed by atoms with Crippen molar-refractivity contribution in [2.45, 2.75) is 13.8 Å². The Hall–Kier alpha value is -2.55. The summed E-state index contributed by atoms with van der Waals surface area (Å²) in [6.07, 6.45) is 0. The van der Waals surface area contributed by atoms with E-state index in [1.165, 1.54) is 0 Å². The van der Waals surface area contributed by atoms with Crippen molar-refractivity contribution < 1.29 is 9.53 Å². The Morgan fingerprint density at radius 1 is 1.05 bits per heavy atom. The third kappa shape index (κ3) is 2.21. The molecule has 1 N–H and O–H groups in total. The molecule has 106 valence electrons. The van der Waals surface area contributed by atoms with Crippen LogP contribution < -0.4 is 4.74 Å². The molecule has 3 heteroatoms. The average molecular weight is 279 g/mol. The van der Waals surface area contributed by atoms with Gasteiger partial charge in [-0.25, -0.2) is 0 Å². The molecule has 0 spiro atoms. The Morgan fingerprint density at radius 3 is 2.43 bits per heavy atom. The second kappa shape index (κ2) is 5.09. The molecule has 0 saturated heterocycles. The second-order valence-electron chi connectivity index (χ2n) is 5.18. The first-order chi connectivity index (χ1) is 10.1. The molecular weight excluding hydrogens is 262 g/mol. The molecule has 3 nitrogen and oxygen atoms in total. The molecule has 0 unspecified atom stereocenters. The number of benzene rings is 2. The molecule has 3 aromatic rings. The van der Waals surface area contributed by atoms with Gasteiger partial charge in [0.1, 0.15) is 5.75 Å². The molecule has 0 radical (unpaired) electrons. The van der Waals surface area contributed by atoms with Gasteiger partial charge in [-0.1, -0.05) is 18.2 Å². The zero-order valence-electron chi connectivity index (χ0n) is 12.4. The molecule has 0 aliphatic heterocycles. The van der Waals surface area contributed by atoms with Crippen molar-refractivity contribution in [2.75, 3.05) is 7.11 Å². The minimum absolute atomic E-state index is 0.0343. The molecule has 0 saturated carbocycles. The van der Waals surface area contributed by atoms with Crippen molar-refractivity contribution in [1.29, 1.82) is 0 Å². The average Bonchev–Trinajstić information content (AvgIpc) is 2.84. The van der Waals surface area contributed by atoms with Crippen LogP contribution in [0.2, 0.25) is 0 Å². The Labute approximate surface area is 123 Å². The van der Waals surface area contributed by atoms with Crippen molar-refractivity contribution in [3.05, 3.63) is 64.8 Å². The molecule has 1 heterocycles. The first kappa shape index (κ1) is 13.4. The summed E-state index contributed by atoms with van der Waals surface area (Å²) in [5.41, 5.74) is 4.50. The number of hydrogen-bond donors (Lipinski definition) is 1. The summed E-state index contributed by atoms with van der Waals surface area (Å²) in [6, 6.07) is 13.2. The standard InChI is InChI=1S/C18H17NO2/c1-11-5-4-6-15-16(12(2)19-17(11)15)18(20)13-7-9-14(21-3)10-8-13/h4-10,19H,1-3H3. The molecule has 0 aliphatic carbocycles. The van der Waals surface area contributed by atoms with Crippen molar-refractivity contribution in [2.24, 2.45) is 0 Å². The first-order valence-electron chi connectivity index (χ1n) is 6.88. The van der Waals surface area contributed by atoms with Crippen LogP contribution >= 0.6 is 0 Å². The molecule has 0 fully saturated rings. The van der Waals surface area contributed by atoms with E-state index in [2.05, 4.69) is 4.98 Å². The molecule has 2 aromatic carbocycles. The summed E-state index contributed by atoms with van der Waals surface area (Å²) in [4.78, 5) is 16.1. The van der Waals surface area contributed by atoms with Crippen LogP contribution in [0.4, 0.5) is 0 Å². The van der Waals surface area contributed by atoms with Crippen LogP contribution in [-0.2, 0) is 0 Å². The predicted molar refractivity (Wildman–Crippen MR) is 84.2 cm³/mol. The molecule has 0 aliphatic rings. The Bertz CT molecular complexity index is 813. The number of fused-ring (bicyclic) bond motifs is 1. The number of ether oxygens (including phenoxy) is 1. The normalized spacial score (nSPS) is 10.8. The number of hydrogen-bond acceptors (Lipinski definition) is 2. The fourth-order valence-corrected chi connectivity index (χ4v) is 2.67. The molecule has 0 bridgehead atoms. The first-order valence-corrected chi connectivity index (χ1v) is 6.88. The van der Waals surface area contributed by atoms with E-state index in [9.17, 15) is 4.79 Å². The van der Waals surface area contributed by atoms with Gasteiger partial charge in [0.15, 0.2) is 5.78 Å². The maximum atomic E-state index is 12.8. The number of H-pyrrole nitrogens is 1. The van der Waals surface area contributed by atoms with Gasteiger partial charge >= 0.3 is 0 Å². The third-order valence-corrected chi connectivity index (χ3v) is 3.81. The van der Waals surface area contributed by atoms with E-state index < -0.39 is 0 Å². The highest BCUT2D eigenvalue weighted by Gasteiger charge is 2.18. The number of nitrogens with one attached hydrogen (secondary N) is 1. The molecule has 21 heavy (non-hydrogen) atoms. The van der Waals surface area contributed by atoms with Gasteiger partial charge in [0.2, 0.25) is 0 Å². The summed E-state index contributed by atoms with van der Waals surface area (Å²) in [6.45, 7) is 3.98. The fourth-order valence-electron chi connectivity index (χ4n) is 2.67. The monoisotopic (exact) mass is 279 g/mol. The minimum Gasteiger partial charge on any atom is -0.497 e. The summed E-state index contributed by atoms with van der Waals surface area (Å²) >= 11 is 0. The minimum atomic E-state index is 0.0343. The van der Waals surface area contributed by atoms with E-state index in [0.717, 1.165) is 33.5 Å². The van der Waals surface area contributed by atoms with Crippen LogP contribution in [0, 0.1) is 13.8 Å². The van der Waals surface area contributed by atoms with E-state index in [1.54, 1.807) is 19.2 Å². The zero-order chi connectivity index (χ0) is 15.0. The lowest BCUT2D eigenvalue weighted by molar-refractivity contribution is 0.103. The lowest BCUT2D eigenvalue weighted by Gasteiger charge is -2.04. The van der Waals surface area contributed by atoms with Gasteiger partial charge in [-0.15, -0.1) is 0 Å². The predicted octanol–water partition coefficient (Wildman–Crippen LogP) is 4.02. The Morgan fingerprint density at radius 2 is 1.76 bits per heavy atom. The molecule has 3 rings (SSSR count). The number of aromatic amines is 1. The fraction of sp³-hybridized carbons (Fsp3) is 0.167. The lowest BCUT2D eigenvalue weighted by atomic mass is 9.99. The molecule has 0 amide bonds. The van der Waals surface area contributed by atoms with E-state index in [1.807, 2.05) is 44.2 Å². The highest BCUT2D eigenvalue weighted by Crippen LogP contribution is 2.27. The third-order valence-electron chi connectivity index (χ3n) is 3.81. The van der Waals surface area contributed by atoms with Crippen molar-refractivity contribution in [3.63, 3.8) is 0 Å². The van der Waals surface area contributed by atoms with E-state index in [4.69, 9.17) is 4.74 Å². The summed E-state index contributed by atoms with van der Waals surface area (Å²) in [5, 5.41) is 0.980. The zero-order valence-corrected chi connectivity index (χ0v) is 12.4. The number of carbonyl (C=O) groups is 1. The van der Waals surface area contributed by atoms with E-state index >= 15 is 0 Å². The van der Waals surface area contributed by atoms with Gasteiger partial charge in [-0.05, 0) is 43.7 Å². The summed E-state index contributed by atoms with van der Waals surface area (Å²) in [7, 11) is 1.61. The van der Waals surface area contributed by atoms with Crippen molar-refractivity contribution in [1.82, 2.24) is 4.98 Å². The van der Waals surface area contributed by atoms with Gasteiger partial charge in [-0.3, -0.25) is 4.79 Å². The van der Waals surface area contributed by atoms with E-state index in [-0.39, 0.29) is 5.78 Å². The summed E-state index contributed by atoms with van der Waals surface area (Å²) in [5.74, 6) is 0.782. The summed E-state index contributed by atoms with van der Waals surface area (Å²) < 4.78 is 5.13. The van der Waals surface area contributed by atoms with Crippen LogP contribution in [0.5, 0.6) is 5.75 Å².